The first kappa shape index (κ1) is 27.3. The second kappa shape index (κ2) is 14.4. The maximum Gasteiger partial charge on any atom is 0.243 e. The summed E-state index contributed by atoms with van der Waals surface area (Å²) in [5, 5.41) is 5.53. The highest BCUT2D eigenvalue weighted by atomic mass is 32.2. The van der Waals surface area contributed by atoms with Crippen LogP contribution in [0.5, 0.6) is 0 Å². The smallest absolute Gasteiger partial charge is 0.243 e. The first-order chi connectivity index (χ1) is 16.3. The topological polar surface area (TPSA) is 92.3 Å². The van der Waals surface area contributed by atoms with Crippen LogP contribution >= 0.6 is 11.8 Å². The number of thioether (sulfide) groups is 1. The Morgan fingerprint density at radius 3 is 2.15 bits per heavy atom. The van der Waals surface area contributed by atoms with Crippen molar-refractivity contribution in [1.82, 2.24) is 10.6 Å². The third kappa shape index (κ3) is 9.51. The van der Waals surface area contributed by atoms with Crippen LogP contribution in [0, 0.1) is 12.8 Å². The number of aryl methyl sites for hydroxylation is 1. The van der Waals surface area contributed by atoms with Gasteiger partial charge in [-0.25, -0.2) is 0 Å². The number of hydrogen-bond donors (Lipinski definition) is 2. The molecule has 0 spiro atoms. The number of carbonyl (C=O) groups is 4. The Balaban J connectivity index is 2.16. The number of benzene rings is 2. The number of Topliss-reactive ketones (excluding diaryl/α,β-unsaturated/α-hetero) is 1. The van der Waals surface area contributed by atoms with Crippen LogP contribution in [0.15, 0.2) is 54.6 Å². The van der Waals surface area contributed by atoms with Gasteiger partial charge in [-0.1, -0.05) is 60.2 Å². The second-order valence-electron chi connectivity index (χ2n) is 8.54. The zero-order valence-corrected chi connectivity index (χ0v) is 20.9. The Hall–Kier alpha value is -2.93. The van der Waals surface area contributed by atoms with E-state index in [1.165, 1.54) is 6.92 Å². The third-order valence-electron chi connectivity index (χ3n) is 5.57. The van der Waals surface area contributed by atoms with Gasteiger partial charge in [-0.05, 0) is 49.3 Å². The quantitative estimate of drug-likeness (QED) is 0.403. The molecule has 0 aliphatic rings. The fourth-order valence-corrected chi connectivity index (χ4v) is 4.18. The van der Waals surface area contributed by atoms with Gasteiger partial charge in [-0.3, -0.25) is 14.4 Å². The molecule has 0 aromatic heterocycles. The number of rotatable bonds is 14. The number of carbonyl (C=O) groups excluding carboxylic acids is 4. The molecule has 0 heterocycles. The maximum atomic E-state index is 13.3. The predicted octanol–water partition coefficient (Wildman–Crippen LogP) is 3.30. The molecule has 0 saturated heterocycles. The van der Waals surface area contributed by atoms with Crippen LogP contribution in [0.1, 0.15) is 36.5 Å². The first-order valence-electron chi connectivity index (χ1n) is 11.5. The average Bonchev–Trinajstić information content (AvgIpc) is 2.82. The zero-order valence-electron chi connectivity index (χ0n) is 20.1. The summed E-state index contributed by atoms with van der Waals surface area (Å²) >= 11 is 1.58. The van der Waals surface area contributed by atoms with E-state index in [-0.39, 0.29) is 24.0 Å². The predicted molar refractivity (Wildman–Crippen MR) is 137 cm³/mol. The molecule has 2 aromatic carbocycles. The molecule has 0 aliphatic heterocycles. The van der Waals surface area contributed by atoms with Gasteiger partial charge in [0.05, 0.1) is 6.04 Å². The van der Waals surface area contributed by atoms with Crippen LogP contribution in [0.4, 0.5) is 0 Å². The largest absolute Gasteiger partial charge is 0.345 e. The normalized spacial score (nSPS) is 13.4. The minimum absolute atomic E-state index is 0.0325. The monoisotopic (exact) mass is 482 g/mol. The maximum absolute atomic E-state index is 13.3. The molecule has 0 bridgehead atoms. The van der Waals surface area contributed by atoms with Crippen molar-refractivity contribution in [2.24, 2.45) is 5.92 Å². The minimum atomic E-state index is -0.791. The number of ketones is 1. The van der Waals surface area contributed by atoms with Gasteiger partial charge in [0.15, 0.2) is 5.78 Å². The van der Waals surface area contributed by atoms with Crippen molar-refractivity contribution in [3.63, 3.8) is 0 Å². The molecule has 2 rings (SSSR count). The molecule has 2 amide bonds. The summed E-state index contributed by atoms with van der Waals surface area (Å²) in [6, 6.07) is 15.8. The molecular weight excluding hydrogens is 448 g/mol. The zero-order chi connectivity index (χ0) is 24.9. The lowest BCUT2D eigenvalue weighted by Crippen LogP contribution is -2.52. The number of hydrogen-bond acceptors (Lipinski definition) is 5. The molecule has 2 N–H and O–H groups in total. The molecule has 182 valence electrons. The van der Waals surface area contributed by atoms with Crippen LogP contribution in [0.3, 0.4) is 0 Å². The molecule has 34 heavy (non-hydrogen) atoms. The SMILES string of the molecule is CSCC[C@H](NC(C)=O)C(=O)N[C@@H](Cc1ccccc1)C(=O)C[C@H](C=O)Cc1ccc(C)cc1. The summed E-state index contributed by atoms with van der Waals surface area (Å²) in [7, 11) is 0. The van der Waals surface area contributed by atoms with Gasteiger partial charge >= 0.3 is 0 Å². The minimum Gasteiger partial charge on any atom is -0.345 e. The standard InChI is InChI=1S/C27H34N2O4S/c1-19-9-11-22(12-10-19)15-23(18-30)17-26(32)25(16-21-7-5-4-6-8-21)29-27(33)24(13-14-34-3)28-20(2)31/h4-12,18,23-25H,13-17H2,1-3H3,(H,28,31)(H,29,33)/t23-,24+,25+/m1/s1. The lowest BCUT2D eigenvalue weighted by atomic mass is 9.91. The molecule has 3 atom stereocenters. The Morgan fingerprint density at radius 2 is 1.56 bits per heavy atom. The number of nitrogens with one attached hydrogen (secondary N) is 2. The lowest BCUT2D eigenvalue weighted by molar-refractivity contribution is -0.131. The number of amides is 2. The van der Waals surface area contributed by atoms with Crippen LogP contribution in [0.2, 0.25) is 0 Å². The van der Waals surface area contributed by atoms with E-state index in [1.54, 1.807) is 11.8 Å². The van der Waals surface area contributed by atoms with Crippen LogP contribution < -0.4 is 10.6 Å². The van der Waals surface area contributed by atoms with E-state index in [0.29, 0.717) is 25.0 Å². The third-order valence-corrected chi connectivity index (χ3v) is 6.21. The molecule has 6 nitrogen and oxygen atoms in total. The fourth-order valence-electron chi connectivity index (χ4n) is 3.71. The summed E-state index contributed by atoms with van der Waals surface area (Å²) in [5.74, 6) is -0.675. The Labute approximate surface area is 206 Å². The van der Waals surface area contributed by atoms with Crippen LogP contribution in [-0.4, -0.2) is 48.0 Å². The van der Waals surface area contributed by atoms with Crippen molar-refractivity contribution in [3.05, 3.63) is 71.3 Å². The molecule has 7 heteroatoms. The summed E-state index contributed by atoms with van der Waals surface area (Å²) < 4.78 is 0. The van der Waals surface area contributed by atoms with Crippen molar-refractivity contribution in [3.8, 4) is 0 Å². The molecule has 2 aromatic rings. The average molecular weight is 483 g/mol. The van der Waals surface area contributed by atoms with E-state index in [1.807, 2.05) is 67.8 Å². The Bertz CT molecular complexity index is 947. The van der Waals surface area contributed by atoms with E-state index >= 15 is 0 Å². The summed E-state index contributed by atoms with van der Waals surface area (Å²) in [5.41, 5.74) is 3.02. The summed E-state index contributed by atoms with van der Waals surface area (Å²) in [6.07, 6.45) is 4.02. The molecule has 0 unspecified atom stereocenters. The van der Waals surface area contributed by atoms with Gasteiger partial charge in [0.1, 0.15) is 12.3 Å². The summed E-state index contributed by atoms with van der Waals surface area (Å²) in [4.78, 5) is 49.7. The van der Waals surface area contributed by atoms with Crippen molar-refractivity contribution in [1.29, 1.82) is 0 Å². The van der Waals surface area contributed by atoms with Crippen molar-refractivity contribution in [2.45, 2.75) is 51.6 Å². The van der Waals surface area contributed by atoms with E-state index in [4.69, 9.17) is 0 Å². The van der Waals surface area contributed by atoms with E-state index < -0.39 is 18.0 Å². The Morgan fingerprint density at radius 1 is 0.912 bits per heavy atom. The highest BCUT2D eigenvalue weighted by Crippen LogP contribution is 2.15. The second-order valence-corrected chi connectivity index (χ2v) is 9.53. The molecule has 0 saturated carbocycles. The van der Waals surface area contributed by atoms with Crippen molar-refractivity contribution < 1.29 is 19.2 Å². The summed E-state index contributed by atoms with van der Waals surface area (Å²) in [6.45, 7) is 3.36. The fraction of sp³-hybridized carbons (Fsp3) is 0.407. The van der Waals surface area contributed by atoms with Gasteiger partial charge in [-0.15, -0.1) is 0 Å². The highest BCUT2D eigenvalue weighted by molar-refractivity contribution is 7.98. The van der Waals surface area contributed by atoms with E-state index in [9.17, 15) is 19.2 Å². The molecule has 0 aliphatic carbocycles. The van der Waals surface area contributed by atoms with Gasteiger partial charge in [0, 0.05) is 19.3 Å². The van der Waals surface area contributed by atoms with Gasteiger partial charge < -0.3 is 15.4 Å². The van der Waals surface area contributed by atoms with Crippen molar-refractivity contribution >= 4 is 35.6 Å². The number of aldehydes is 1. The first-order valence-corrected chi connectivity index (χ1v) is 12.9. The van der Waals surface area contributed by atoms with Crippen LogP contribution in [-0.2, 0) is 32.0 Å². The highest BCUT2D eigenvalue weighted by Gasteiger charge is 2.28. The van der Waals surface area contributed by atoms with Crippen LogP contribution in [0.25, 0.3) is 0 Å². The van der Waals surface area contributed by atoms with Crippen molar-refractivity contribution in [2.75, 3.05) is 12.0 Å². The molecular formula is C27H34N2O4S. The van der Waals surface area contributed by atoms with E-state index in [2.05, 4.69) is 10.6 Å². The lowest BCUT2D eigenvalue weighted by Gasteiger charge is -2.23. The van der Waals surface area contributed by atoms with Gasteiger partial charge in [0.2, 0.25) is 11.8 Å². The molecule has 0 radical (unpaired) electrons. The Kier molecular flexibility index (Phi) is 11.5. The van der Waals surface area contributed by atoms with Gasteiger partial charge in [-0.2, -0.15) is 11.8 Å². The molecule has 0 fully saturated rings. The van der Waals surface area contributed by atoms with E-state index in [0.717, 1.165) is 23.0 Å². The van der Waals surface area contributed by atoms with Gasteiger partial charge in [0.25, 0.3) is 0 Å².